The molecule has 2 atom stereocenters. The third-order valence-corrected chi connectivity index (χ3v) is 3.94. The van der Waals surface area contributed by atoms with Crippen molar-refractivity contribution in [2.75, 3.05) is 13.1 Å². The summed E-state index contributed by atoms with van der Waals surface area (Å²) in [6.45, 7) is 23.3. The summed E-state index contributed by atoms with van der Waals surface area (Å²) in [4.78, 5) is 25.1. The van der Waals surface area contributed by atoms with Crippen molar-refractivity contribution >= 4 is 5.91 Å². The molecule has 1 aliphatic heterocycles. The molecule has 6 heteroatoms. The minimum Gasteiger partial charge on any atom is -0.344 e. The van der Waals surface area contributed by atoms with Gasteiger partial charge in [-0.1, -0.05) is 61.5 Å². The molecule has 0 bridgehead atoms. The van der Waals surface area contributed by atoms with Crippen molar-refractivity contribution in [1.29, 1.82) is 0 Å². The zero-order valence-corrected chi connectivity index (χ0v) is 22.0. The number of nitrogens with two attached hydrogens (primary N) is 1. The first-order valence-corrected chi connectivity index (χ1v) is 11.8. The van der Waals surface area contributed by atoms with Crippen LogP contribution in [0.1, 0.15) is 92.0 Å². The van der Waals surface area contributed by atoms with Crippen molar-refractivity contribution in [1.82, 2.24) is 19.9 Å². The molecular weight excluding hydrogens is 386 g/mol. The number of nitrogens with one attached hydrogen (secondary N) is 1. The van der Waals surface area contributed by atoms with Crippen LogP contribution in [-0.2, 0) is 4.79 Å². The lowest BCUT2D eigenvalue weighted by molar-refractivity contribution is -0.130. The van der Waals surface area contributed by atoms with E-state index < -0.39 is 0 Å². The van der Waals surface area contributed by atoms with Gasteiger partial charge in [-0.25, -0.2) is 4.98 Å². The van der Waals surface area contributed by atoms with Crippen LogP contribution >= 0.6 is 0 Å². The molecule has 3 rings (SSSR count). The van der Waals surface area contributed by atoms with Crippen molar-refractivity contribution < 1.29 is 4.79 Å². The second-order valence-corrected chi connectivity index (χ2v) is 6.29. The number of pyridine rings is 1. The SMILES string of the molecule is CC.CC.CC.CC(=O)N1CC(C)CC1c1nc(C)c(C)[nH]1.CCN.c1ccncc1. The number of amides is 1. The molecule has 6 nitrogen and oxygen atoms in total. The molecule has 2 unspecified atom stereocenters. The second kappa shape index (κ2) is 22.5. The molecular formula is C25H49N5O. The number of likely N-dealkylation sites (tertiary alicyclic amines) is 1. The monoisotopic (exact) mass is 435 g/mol. The highest BCUT2D eigenvalue weighted by Crippen LogP contribution is 2.34. The lowest BCUT2D eigenvalue weighted by Crippen LogP contribution is -2.29. The molecule has 1 saturated heterocycles. The standard InChI is InChI=1S/C12H19N3O.C5H5N.C2H7N.3C2H6/c1-7-5-11(15(6-7)10(4)16)12-13-8(2)9(3)14-12;1-2-4-6-5-3-1;1-2-3;3*1-2/h7,11H,5-6H2,1-4H3,(H,13,14);1-5H;2-3H2,1H3;3*1-2H3. The molecule has 1 fully saturated rings. The molecule has 3 heterocycles. The van der Waals surface area contributed by atoms with Gasteiger partial charge in [0.25, 0.3) is 0 Å². The highest BCUT2D eigenvalue weighted by atomic mass is 16.2. The first kappa shape index (κ1) is 33.4. The zero-order valence-electron chi connectivity index (χ0n) is 22.0. The van der Waals surface area contributed by atoms with Gasteiger partial charge in [-0.15, -0.1) is 0 Å². The van der Waals surface area contributed by atoms with E-state index in [1.165, 1.54) is 0 Å². The minimum absolute atomic E-state index is 0.139. The van der Waals surface area contributed by atoms with Gasteiger partial charge in [0.05, 0.1) is 11.7 Å². The zero-order chi connectivity index (χ0) is 24.8. The van der Waals surface area contributed by atoms with Crippen LogP contribution in [0.25, 0.3) is 0 Å². The van der Waals surface area contributed by atoms with Crippen molar-refractivity contribution in [3.05, 3.63) is 47.8 Å². The molecule has 0 radical (unpaired) electrons. The summed E-state index contributed by atoms with van der Waals surface area (Å²) in [7, 11) is 0. The van der Waals surface area contributed by atoms with E-state index in [1.54, 1.807) is 19.3 Å². The Hall–Kier alpha value is -2.21. The summed E-state index contributed by atoms with van der Waals surface area (Å²) in [5.41, 5.74) is 6.97. The third kappa shape index (κ3) is 14.4. The Labute approximate surface area is 192 Å². The van der Waals surface area contributed by atoms with E-state index in [1.807, 2.05) is 85.4 Å². The summed E-state index contributed by atoms with van der Waals surface area (Å²) in [6, 6.07) is 5.85. The number of imidazole rings is 1. The van der Waals surface area contributed by atoms with Gasteiger partial charge in [-0.2, -0.15) is 0 Å². The average molecular weight is 436 g/mol. The van der Waals surface area contributed by atoms with Crippen LogP contribution in [-0.4, -0.2) is 38.8 Å². The van der Waals surface area contributed by atoms with Crippen molar-refractivity contribution in [2.45, 2.75) is 88.6 Å². The van der Waals surface area contributed by atoms with Gasteiger partial charge in [0, 0.05) is 31.6 Å². The van der Waals surface area contributed by atoms with Crippen LogP contribution < -0.4 is 5.73 Å². The van der Waals surface area contributed by atoms with Gasteiger partial charge in [0.15, 0.2) is 0 Å². The minimum atomic E-state index is 0.139. The van der Waals surface area contributed by atoms with Crippen LogP contribution in [0, 0.1) is 19.8 Å². The van der Waals surface area contributed by atoms with E-state index in [0.29, 0.717) is 5.92 Å². The molecule has 1 aliphatic rings. The van der Waals surface area contributed by atoms with Gasteiger partial charge in [0.2, 0.25) is 5.91 Å². The Morgan fingerprint density at radius 1 is 1.10 bits per heavy atom. The van der Waals surface area contributed by atoms with Crippen LogP contribution in [0.2, 0.25) is 0 Å². The molecule has 0 aliphatic carbocycles. The summed E-state index contributed by atoms with van der Waals surface area (Å²) in [6.07, 6.45) is 4.51. The van der Waals surface area contributed by atoms with Crippen LogP contribution in [0.4, 0.5) is 0 Å². The number of aromatic amines is 1. The van der Waals surface area contributed by atoms with Crippen LogP contribution in [0.15, 0.2) is 30.6 Å². The van der Waals surface area contributed by atoms with E-state index >= 15 is 0 Å². The molecule has 1 amide bonds. The quantitative estimate of drug-likeness (QED) is 0.568. The van der Waals surface area contributed by atoms with E-state index in [9.17, 15) is 4.79 Å². The Kier molecular flexibility index (Phi) is 24.2. The van der Waals surface area contributed by atoms with Gasteiger partial charge < -0.3 is 15.6 Å². The fourth-order valence-electron chi connectivity index (χ4n) is 2.70. The molecule has 2 aromatic heterocycles. The van der Waals surface area contributed by atoms with Gasteiger partial charge in [0.1, 0.15) is 5.82 Å². The number of carbonyl (C=O) groups excluding carboxylic acids is 1. The number of hydrogen-bond acceptors (Lipinski definition) is 4. The predicted octanol–water partition coefficient (Wildman–Crippen LogP) is 6.08. The van der Waals surface area contributed by atoms with Gasteiger partial charge in [-0.05, 0) is 44.9 Å². The number of rotatable bonds is 1. The Balaban J connectivity index is -0.000000433. The van der Waals surface area contributed by atoms with Crippen LogP contribution in [0.5, 0.6) is 0 Å². The van der Waals surface area contributed by atoms with E-state index in [2.05, 4.69) is 21.9 Å². The highest BCUT2D eigenvalue weighted by Gasteiger charge is 2.34. The van der Waals surface area contributed by atoms with E-state index in [4.69, 9.17) is 5.73 Å². The number of H-pyrrole nitrogens is 1. The lowest BCUT2D eigenvalue weighted by atomic mass is 10.1. The first-order chi connectivity index (χ1) is 14.9. The molecule has 180 valence electrons. The van der Waals surface area contributed by atoms with E-state index in [-0.39, 0.29) is 11.9 Å². The molecule has 3 N–H and O–H groups in total. The van der Waals surface area contributed by atoms with E-state index in [0.717, 1.165) is 36.7 Å². The third-order valence-electron chi connectivity index (χ3n) is 3.94. The predicted molar refractivity (Wildman–Crippen MR) is 135 cm³/mol. The summed E-state index contributed by atoms with van der Waals surface area (Å²) in [5, 5.41) is 0. The number of hydrogen-bond donors (Lipinski definition) is 2. The smallest absolute Gasteiger partial charge is 0.220 e. The maximum Gasteiger partial charge on any atom is 0.220 e. The Morgan fingerprint density at radius 2 is 1.58 bits per heavy atom. The maximum absolute atomic E-state index is 11.6. The summed E-state index contributed by atoms with van der Waals surface area (Å²) in [5.74, 6) is 1.63. The fourth-order valence-corrected chi connectivity index (χ4v) is 2.70. The molecule has 0 aromatic carbocycles. The van der Waals surface area contributed by atoms with Crippen molar-refractivity contribution in [2.24, 2.45) is 11.7 Å². The number of aryl methyl sites for hydroxylation is 2. The average Bonchev–Trinajstić information content (AvgIpc) is 3.37. The number of aromatic nitrogens is 3. The maximum atomic E-state index is 11.6. The summed E-state index contributed by atoms with van der Waals surface area (Å²) >= 11 is 0. The highest BCUT2D eigenvalue weighted by molar-refractivity contribution is 5.74. The Bertz CT molecular complexity index is 582. The summed E-state index contributed by atoms with van der Waals surface area (Å²) < 4.78 is 0. The number of carbonyl (C=O) groups is 1. The normalized spacial score (nSPS) is 15.7. The Morgan fingerprint density at radius 3 is 1.87 bits per heavy atom. The largest absolute Gasteiger partial charge is 0.344 e. The first-order valence-electron chi connectivity index (χ1n) is 11.8. The van der Waals surface area contributed by atoms with Gasteiger partial charge in [-0.3, -0.25) is 9.78 Å². The second-order valence-electron chi connectivity index (χ2n) is 6.29. The van der Waals surface area contributed by atoms with Gasteiger partial charge >= 0.3 is 0 Å². The fraction of sp³-hybridized carbons (Fsp3) is 0.640. The van der Waals surface area contributed by atoms with Crippen molar-refractivity contribution in [3.63, 3.8) is 0 Å². The number of nitrogens with zero attached hydrogens (tertiary/aromatic N) is 3. The van der Waals surface area contributed by atoms with Crippen LogP contribution in [0.3, 0.4) is 0 Å². The topological polar surface area (TPSA) is 87.9 Å². The molecule has 31 heavy (non-hydrogen) atoms. The lowest BCUT2D eigenvalue weighted by Gasteiger charge is -2.21. The molecule has 0 spiro atoms. The van der Waals surface area contributed by atoms with Crippen molar-refractivity contribution in [3.8, 4) is 0 Å². The molecule has 0 saturated carbocycles. The molecule has 2 aromatic rings.